The first-order valence-corrected chi connectivity index (χ1v) is 6.26. The van der Waals surface area contributed by atoms with E-state index in [1.807, 2.05) is 11.8 Å². The molecule has 2 N–H and O–H groups in total. The summed E-state index contributed by atoms with van der Waals surface area (Å²) in [6.07, 6.45) is 0. The molecule has 1 unspecified atom stereocenters. The van der Waals surface area contributed by atoms with Gasteiger partial charge in [0, 0.05) is 18.8 Å². The van der Waals surface area contributed by atoms with Crippen LogP contribution in [0, 0.1) is 5.92 Å². The molecule has 0 heterocycles. The molecule has 20 heavy (non-hydrogen) atoms. The van der Waals surface area contributed by atoms with E-state index in [1.54, 1.807) is 19.1 Å². The summed E-state index contributed by atoms with van der Waals surface area (Å²) >= 11 is 0. The maximum absolute atomic E-state index is 11.0. The van der Waals surface area contributed by atoms with E-state index in [-0.39, 0.29) is 5.56 Å². The van der Waals surface area contributed by atoms with Gasteiger partial charge in [0.05, 0.1) is 11.5 Å². The molecule has 0 aliphatic carbocycles. The Labute approximate surface area is 118 Å². The van der Waals surface area contributed by atoms with Crippen LogP contribution >= 0.6 is 0 Å². The van der Waals surface area contributed by atoms with E-state index in [2.05, 4.69) is 6.58 Å². The Morgan fingerprint density at radius 3 is 2.20 bits per heavy atom. The first-order valence-electron chi connectivity index (χ1n) is 6.26. The second-order valence-electron chi connectivity index (χ2n) is 4.93. The zero-order chi connectivity index (χ0) is 15.3. The minimum absolute atomic E-state index is 0.204. The molecule has 1 rings (SSSR count). The third-order valence-corrected chi connectivity index (χ3v) is 2.86. The van der Waals surface area contributed by atoms with Crippen LogP contribution in [-0.4, -0.2) is 35.2 Å². The summed E-state index contributed by atoms with van der Waals surface area (Å²) in [7, 11) is 0. The molecule has 0 fully saturated rings. The van der Waals surface area contributed by atoms with Crippen molar-refractivity contribution in [2.75, 3.05) is 18.0 Å². The predicted molar refractivity (Wildman–Crippen MR) is 77.2 cm³/mol. The lowest BCUT2D eigenvalue weighted by molar-refractivity contribution is -0.140. The molecule has 0 aliphatic rings. The van der Waals surface area contributed by atoms with E-state index in [0.29, 0.717) is 13.1 Å². The molecule has 0 spiro atoms. The van der Waals surface area contributed by atoms with Gasteiger partial charge in [0.2, 0.25) is 0 Å². The van der Waals surface area contributed by atoms with Crippen molar-refractivity contribution in [3.05, 3.63) is 42.0 Å². The van der Waals surface area contributed by atoms with Gasteiger partial charge in [-0.15, -0.1) is 0 Å². The van der Waals surface area contributed by atoms with Crippen LogP contribution < -0.4 is 4.90 Å². The SMILES string of the molecule is C=C(C)CN(CC(C)C(=O)O)c1ccc(C(=O)O)cc1. The van der Waals surface area contributed by atoms with Gasteiger partial charge >= 0.3 is 11.9 Å². The Bertz CT molecular complexity index is 507. The molecular formula is C15H19NO4. The Morgan fingerprint density at radius 2 is 1.80 bits per heavy atom. The lowest BCUT2D eigenvalue weighted by atomic mass is 10.1. The molecule has 5 nitrogen and oxygen atoms in total. The first-order chi connectivity index (χ1) is 9.31. The maximum atomic E-state index is 11.0. The Hall–Kier alpha value is -2.30. The highest BCUT2D eigenvalue weighted by atomic mass is 16.4. The molecule has 1 aromatic rings. The van der Waals surface area contributed by atoms with E-state index < -0.39 is 17.9 Å². The molecule has 0 aromatic heterocycles. The average Bonchev–Trinajstić information content (AvgIpc) is 2.37. The van der Waals surface area contributed by atoms with E-state index >= 15 is 0 Å². The molecule has 0 bridgehead atoms. The fourth-order valence-electron chi connectivity index (χ4n) is 1.81. The van der Waals surface area contributed by atoms with Crippen molar-refractivity contribution in [2.45, 2.75) is 13.8 Å². The van der Waals surface area contributed by atoms with Crippen molar-refractivity contribution in [2.24, 2.45) is 5.92 Å². The topological polar surface area (TPSA) is 77.8 Å². The van der Waals surface area contributed by atoms with Gasteiger partial charge in [0.1, 0.15) is 0 Å². The lowest BCUT2D eigenvalue weighted by Crippen LogP contribution is -2.33. The van der Waals surface area contributed by atoms with Crippen molar-refractivity contribution >= 4 is 17.6 Å². The number of hydrogen-bond donors (Lipinski definition) is 2. The van der Waals surface area contributed by atoms with Crippen LogP contribution in [0.5, 0.6) is 0 Å². The van der Waals surface area contributed by atoms with Gasteiger partial charge < -0.3 is 15.1 Å². The second-order valence-corrected chi connectivity index (χ2v) is 4.93. The number of carboxylic acids is 2. The van der Waals surface area contributed by atoms with Crippen molar-refractivity contribution in [1.29, 1.82) is 0 Å². The molecule has 0 saturated heterocycles. The standard InChI is InChI=1S/C15H19NO4/c1-10(2)8-16(9-11(3)14(17)18)13-6-4-12(5-7-13)15(19)20/h4-7,11H,1,8-9H2,2-3H3,(H,17,18)(H,19,20). The molecule has 0 amide bonds. The van der Waals surface area contributed by atoms with E-state index in [4.69, 9.17) is 10.2 Å². The highest BCUT2D eigenvalue weighted by Gasteiger charge is 2.17. The summed E-state index contributed by atoms with van der Waals surface area (Å²) < 4.78 is 0. The molecule has 5 heteroatoms. The largest absolute Gasteiger partial charge is 0.481 e. The fourth-order valence-corrected chi connectivity index (χ4v) is 1.81. The highest BCUT2D eigenvalue weighted by Crippen LogP contribution is 2.18. The van der Waals surface area contributed by atoms with Crippen LogP contribution in [0.1, 0.15) is 24.2 Å². The van der Waals surface area contributed by atoms with Crippen LogP contribution in [-0.2, 0) is 4.79 Å². The van der Waals surface area contributed by atoms with Gasteiger partial charge in [0.25, 0.3) is 0 Å². The van der Waals surface area contributed by atoms with Crippen molar-refractivity contribution in [3.63, 3.8) is 0 Å². The summed E-state index contributed by atoms with van der Waals surface area (Å²) in [4.78, 5) is 23.7. The monoisotopic (exact) mass is 277 g/mol. The molecule has 0 aliphatic heterocycles. The van der Waals surface area contributed by atoms with Gasteiger partial charge in [-0.3, -0.25) is 4.79 Å². The normalized spacial score (nSPS) is 11.7. The third kappa shape index (κ3) is 4.42. The maximum Gasteiger partial charge on any atom is 0.335 e. The van der Waals surface area contributed by atoms with E-state index in [0.717, 1.165) is 11.3 Å². The number of hydrogen-bond acceptors (Lipinski definition) is 3. The number of carbonyl (C=O) groups is 2. The Morgan fingerprint density at radius 1 is 1.25 bits per heavy atom. The van der Waals surface area contributed by atoms with Crippen LogP contribution in [0.25, 0.3) is 0 Å². The number of aromatic carboxylic acids is 1. The first kappa shape index (κ1) is 15.8. The molecule has 1 aromatic carbocycles. The van der Waals surface area contributed by atoms with E-state index in [1.165, 1.54) is 12.1 Å². The number of anilines is 1. The Balaban J connectivity index is 2.94. The summed E-state index contributed by atoms with van der Waals surface area (Å²) in [5.74, 6) is -2.37. The van der Waals surface area contributed by atoms with Crippen molar-refractivity contribution < 1.29 is 19.8 Å². The minimum atomic E-state index is -0.984. The zero-order valence-corrected chi connectivity index (χ0v) is 11.7. The quantitative estimate of drug-likeness (QED) is 0.749. The predicted octanol–water partition coefficient (Wildman–Crippen LogP) is 2.49. The number of carboxylic acid groups (broad SMARTS) is 2. The molecule has 0 saturated carbocycles. The van der Waals surface area contributed by atoms with Crippen LogP contribution in [0.15, 0.2) is 36.4 Å². The molecule has 0 radical (unpaired) electrons. The average molecular weight is 277 g/mol. The molecular weight excluding hydrogens is 258 g/mol. The molecule has 108 valence electrons. The minimum Gasteiger partial charge on any atom is -0.481 e. The smallest absolute Gasteiger partial charge is 0.335 e. The summed E-state index contributed by atoms with van der Waals surface area (Å²) in [6.45, 7) is 8.21. The second kappa shape index (κ2) is 6.75. The Kier molecular flexibility index (Phi) is 5.32. The number of nitrogens with zero attached hydrogens (tertiary/aromatic N) is 1. The molecule has 1 atom stereocenters. The summed E-state index contributed by atoms with van der Waals surface area (Å²) in [5.41, 5.74) is 1.89. The van der Waals surface area contributed by atoms with Crippen molar-refractivity contribution in [1.82, 2.24) is 0 Å². The van der Waals surface area contributed by atoms with E-state index in [9.17, 15) is 9.59 Å². The van der Waals surface area contributed by atoms with Crippen LogP contribution in [0.2, 0.25) is 0 Å². The van der Waals surface area contributed by atoms with Gasteiger partial charge in [-0.05, 0) is 31.2 Å². The summed E-state index contributed by atoms with van der Waals surface area (Å²) in [6, 6.07) is 6.38. The van der Waals surface area contributed by atoms with Crippen LogP contribution in [0.3, 0.4) is 0 Å². The van der Waals surface area contributed by atoms with Gasteiger partial charge in [-0.25, -0.2) is 4.79 Å². The van der Waals surface area contributed by atoms with Gasteiger partial charge in [-0.1, -0.05) is 19.1 Å². The summed E-state index contributed by atoms with van der Waals surface area (Å²) in [5, 5.41) is 17.9. The van der Waals surface area contributed by atoms with Gasteiger partial charge in [-0.2, -0.15) is 0 Å². The number of aliphatic carboxylic acids is 1. The number of rotatable bonds is 7. The third-order valence-electron chi connectivity index (χ3n) is 2.86. The zero-order valence-electron chi connectivity index (χ0n) is 11.7. The van der Waals surface area contributed by atoms with Gasteiger partial charge in [0.15, 0.2) is 0 Å². The fraction of sp³-hybridized carbons (Fsp3) is 0.333. The van der Waals surface area contributed by atoms with Crippen LogP contribution in [0.4, 0.5) is 5.69 Å². The van der Waals surface area contributed by atoms with Crippen molar-refractivity contribution in [3.8, 4) is 0 Å². The lowest BCUT2D eigenvalue weighted by Gasteiger charge is -2.27. The highest BCUT2D eigenvalue weighted by molar-refractivity contribution is 5.88. The number of benzene rings is 1.